The van der Waals surface area contributed by atoms with Gasteiger partial charge in [-0.2, -0.15) is 0 Å². The van der Waals surface area contributed by atoms with Crippen molar-refractivity contribution in [3.63, 3.8) is 0 Å². The van der Waals surface area contributed by atoms with Crippen LogP contribution in [0.15, 0.2) is 42.9 Å². The van der Waals surface area contributed by atoms with E-state index in [9.17, 15) is 19.8 Å². The third-order valence-corrected chi connectivity index (χ3v) is 3.53. The monoisotopic (exact) mass is 317 g/mol. The molecule has 2 aromatic rings. The van der Waals surface area contributed by atoms with E-state index in [1.807, 2.05) is 30.3 Å². The van der Waals surface area contributed by atoms with E-state index in [1.54, 1.807) is 6.20 Å². The number of rotatable bonds is 9. The summed E-state index contributed by atoms with van der Waals surface area (Å²) < 4.78 is 0. The van der Waals surface area contributed by atoms with Crippen LogP contribution >= 0.6 is 0 Å². The zero-order valence-corrected chi connectivity index (χ0v) is 12.5. The highest BCUT2D eigenvalue weighted by atomic mass is 16.4. The molecule has 0 radical (unpaired) electrons. The maximum atomic E-state index is 11.4. The fourth-order valence-electron chi connectivity index (χ4n) is 2.31. The number of carboxylic acid groups (broad SMARTS) is 2. The summed E-state index contributed by atoms with van der Waals surface area (Å²) >= 11 is 0. The average molecular weight is 317 g/mol. The number of H-pyrrole nitrogens is 1. The highest BCUT2D eigenvalue weighted by Gasteiger charge is 2.26. The Hall–Kier alpha value is -2.67. The van der Waals surface area contributed by atoms with Crippen molar-refractivity contribution >= 4 is 11.9 Å². The number of benzene rings is 1. The van der Waals surface area contributed by atoms with E-state index in [4.69, 9.17) is 0 Å². The number of aliphatic carboxylic acids is 2. The zero-order chi connectivity index (χ0) is 16.7. The van der Waals surface area contributed by atoms with Gasteiger partial charge in [0, 0.05) is 12.6 Å². The molecule has 0 bridgehead atoms. The van der Waals surface area contributed by atoms with Crippen molar-refractivity contribution in [2.75, 3.05) is 0 Å². The molecule has 2 unspecified atom stereocenters. The van der Waals surface area contributed by atoms with Crippen molar-refractivity contribution < 1.29 is 19.8 Å². The smallest absolute Gasteiger partial charge is 0.321 e. The molecular formula is C16H19N3O4. The van der Waals surface area contributed by atoms with E-state index in [0.717, 1.165) is 5.56 Å². The van der Waals surface area contributed by atoms with Crippen molar-refractivity contribution in [2.24, 2.45) is 0 Å². The van der Waals surface area contributed by atoms with Crippen LogP contribution in [0.2, 0.25) is 0 Å². The summed E-state index contributed by atoms with van der Waals surface area (Å²) in [4.78, 5) is 29.5. The average Bonchev–Trinajstić information content (AvgIpc) is 3.03. The third kappa shape index (κ3) is 5.23. The molecule has 1 aromatic carbocycles. The number of hydrogen-bond donors (Lipinski definition) is 4. The lowest BCUT2D eigenvalue weighted by Gasteiger charge is -2.19. The Labute approximate surface area is 133 Å². The van der Waals surface area contributed by atoms with E-state index in [2.05, 4.69) is 15.3 Å². The Balaban J connectivity index is 1.98. The molecule has 0 saturated carbocycles. The molecule has 122 valence electrons. The molecule has 0 aliphatic rings. The van der Waals surface area contributed by atoms with Gasteiger partial charge in [0.05, 0.1) is 12.0 Å². The van der Waals surface area contributed by atoms with Crippen molar-refractivity contribution in [3.8, 4) is 0 Å². The number of nitrogens with zero attached hydrogens (tertiary/aromatic N) is 1. The van der Waals surface area contributed by atoms with Gasteiger partial charge in [-0.15, -0.1) is 0 Å². The lowest BCUT2D eigenvalue weighted by Crippen LogP contribution is -2.48. The van der Waals surface area contributed by atoms with Crippen LogP contribution in [-0.2, 0) is 22.4 Å². The second kappa shape index (κ2) is 8.09. The van der Waals surface area contributed by atoms with Gasteiger partial charge >= 0.3 is 11.9 Å². The molecule has 2 rings (SSSR count). The van der Waals surface area contributed by atoms with Gasteiger partial charge in [0.15, 0.2) is 0 Å². The summed E-state index contributed by atoms with van der Waals surface area (Å²) in [6, 6.07) is 7.55. The number of imidazole rings is 1. The Morgan fingerprint density at radius 3 is 2.39 bits per heavy atom. The fraction of sp³-hybridized carbons (Fsp3) is 0.312. The Bertz CT molecular complexity index is 628. The van der Waals surface area contributed by atoms with Crippen molar-refractivity contribution in [1.29, 1.82) is 0 Å². The fourth-order valence-corrected chi connectivity index (χ4v) is 2.31. The van der Waals surface area contributed by atoms with Gasteiger partial charge in [-0.3, -0.25) is 14.9 Å². The summed E-state index contributed by atoms with van der Waals surface area (Å²) in [7, 11) is 0. The van der Waals surface area contributed by atoms with Crippen LogP contribution < -0.4 is 5.32 Å². The molecule has 0 spiro atoms. The SMILES string of the molecule is O=C(O)C(CCc1ccccc1)NC(Cc1c[nH]cn1)C(=O)O. The standard InChI is InChI=1S/C16H19N3O4/c20-15(21)13(7-6-11-4-2-1-3-5-11)19-14(16(22)23)8-12-9-17-10-18-12/h1-5,9-10,13-14,19H,6-8H2,(H,17,18)(H,20,21)(H,22,23). The number of aryl methyl sites for hydroxylation is 1. The predicted octanol–water partition coefficient (Wildman–Crippen LogP) is 1.08. The largest absolute Gasteiger partial charge is 0.480 e. The predicted molar refractivity (Wildman–Crippen MR) is 83.0 cm³/mol. The van der Waals surface area contributed by atoms with Gasteiger partial charge in [0.1, 0.15) is 12.1 Å². The third-order valence-electron chi connectivity index (χ3n) is 3.53. The van der Waals surface area contributed by atoms with E-state index in [1.165, 1.54) is 6.33 Å². The lowest BCUT2D eigenvalue weighted by atomic mass is 10.0. The van der Waals surface area contributed by atoms with Gasteiger partial charge in [0.2, 0.25) is 0 Å². The molecule has 1 aromatic heterocycles. The summed E-state index contributed by atoms with van der Waals surface area (Å²) in [5.74, 6) is -2.16. The van der Waals surface area contributed by atoms with E-state index >= 15 is 0 Å². The summed E-state index contributed by atoms with van der Waals surface area (Å²) in [5, 5.41) is 21.3. The highest BCUT2D eigenvalue weighted by Crippen LogP contribution is 2.08. The molecule has 7 nitrogen and oxygen atoms in total. The highest BCUT2D eigenvalue weighted by molar-refractivity contribution is 5.77. The first-order chi connectivity index (χ1) is 11.1. The molecule has 2 atom stereocenters. The lowest BCUT2D eigenvalue weighted by molar-refractivity contribution is -0.142. The Morgan fingerprint density at radius 1 is 1.13 bits per heavy atom. The summed E-state index contributed by atoms with van der Waals surface area (Å²) in [5.41, 5.74) is 1.58. The van der Waals surface area contributed by atoms with Crippen LogP contribution in [0.5, 0.6) is 0 Å². The van der Waals surface area contributed by atoms with Crippen LogP contribution in [0.25, 0.3) is 0 Å². The van der Waals surface area contributed by atoms with E-state index in [-0.39, 0.29) is 6.42 Å². The van der Waals surface area contributed by atoms with Gasteiger partial charge in [-0.1, -0.05) is 30.3 Å². The number of aromatic nitrogens is 2. The maximum Gasteiger partial charge on any atom is 0.321 e. The number of aromatic amines is 1. The van der Waals surface area contributed by atoms with E-state index in [0.29, 0.717) is 18.5 Å². The van der Waals surface area contributed by atoms with Crippen molar-refractivity contribution in [2.45, 2.75) is 31.3 Å². The summed E-state index contributed by atoms with van der Waals surface area (Å²) in [6.45, 7) is 0. The molecule has 4 N–H and O–H groups in total. The second-order valence-electron chi connectivity index (χ2n) is 5.24. The molecule has 23 heavy (non-hydrogen) atoms. The molecular weight excluding hydrogens is 298 g/mol. The second-order valence-corrected chi connectivity index (χ2v) is 5.24. The molecule has 0 aliphatic carbocycles. The first kappa shape index (κ1) is 16.7. The first-order valence-corrected chi connectivity index (χ1v) is 7.29. The zero-order valence-electron chi connectivity index (χ0n) is 12.5. The van der Waals surface area contributed by atoms with Crippen LogP contribution in [-0.4, -0.2) is 44.2 Å². The first-order valence-electron chi connectivity index (χ1n) is 7.29. The van der Waals surface area contributed by atoms with Gasteiger partial charge < -0.3 is 15.2 Å². The molecule has 0 aliphatic heterocycles. The number of carbonyl (C=O) groups is 2. The molecule has 7 heteroatoms. The van der Waals surface area contributed by atoms with Crippen LogP contribution in [0.4, 0.5) is 0 Å². The Kier molecular flexibility index (Phi) is 5.87. The quantitative estimate of drug-likeness (QED) is 0.550. The Morgan fingerprint density at radius 2 is 1.83 bits per heavy atom. The molecule has 0 amide bonds. The van der Waals surface area contributed by atoms with Gasteiger partial charge in [-0.05, 0) is 18.4 Å². The molecule has 0 saturated heterocycles. The number of carboxylic acids is 2. The summed E-state index contributed by atoms with van der Waals surface area (Å²) in [6.07, 6.45) is 4.03. The van der Waals surface area contributed by atoms with Crippen LogP contribution in [0.3, 0.4) is 0 Å². The topological polar surface area (TPSA) is 115 Å². The molecule has 1 heterocycles. The molecule has 0 fully saturated rings. The van der Waals surface area contributed by atoms with Crippen LogP contribution in [0.1, 0.15) is 17.7 Å². The van der Waals surface area contributed by atoms with Gasteiger partial charge in [-0.25, -0.2) is 4.98 Å². The number of hydrogen-bond acceptors (Lipinski definition) is 4. The number of nitrogens with one attached hydrogen (secondary N) is 2. The van der Waals surface area contributed by atoms with Crippen molar-refractivity contribution in [1.82, 2.24) is 15.3 Å². The minimum absolute atomic E-state index is 0.119. The minimum atomic E-state index is -1.10. The van der Waals surface area contributed by atoms with Gasteiger partial charge in [0.25, 0.3) is 0 Å². The maximum absolute atomic E-state index is 11.4. The van der Waals surface area contributed by atoms with Crippen molar-refractivity contribution in [3.05, 3.63) is 54.1 Å². The normalized spacial score (nSPS) is 13.4. The van der Waals surface area contributed by atoms with E-state index < -0.39 is 24.0 Å². The minimum Gasteiger partial charge on any atom is -0.480 e. The van der Waals surface area contributed by atoms with Crippen LogP contribution in [0, 0.1) is 0 Å².